The number of aliphatic hydroxyl groups is 1. The first kappa shape index (κ1) is 27.6. The van der Waals surface area contributed by atoms with Crippen LogP contribution in [0, 0.1) is 13.8 Å². The largest absolute Gasteiger partial charge is 0.490 e. The van der Waals surface area contributed by atoms with Crippen molar-refractivity contribution in [3.63, 3.8) is 0 Å². The predicted molar refractivity (Wildman–Crippen MR) is 149 cm³/mol. The van der Waals surface area contributed by atoms with Crippen molar-refractivity contribution in [1.82, 2.24) is 9.88 Å². The topological polar surface area (TPSA) is 123 Å². The standard InChI is InChI=1S/C27H32N2O2S.C2H2O4/c1-17-7-8-20-14-27(32-26(20)11-17)21-9-10-29(19(3)13-21)15-22(30)16-31-25-6-4-5-24-23(25)12-18(2)28-24;3-1(4)2(5)6/h4-8,11-12,14,19,21-22,28,30H,9-10,13,15-16H2,1-3H3;(H,3,4)(H,5,6)/t19-,21+,22-;/m0./s1. The molecule has 2 aromatic heterocycles. The van der Waals surface area contributed by atoms with E-state index in [1.165, 1.54) is 20.5 Å². The Bertz CT molecular complexity index is 1420. The lowest BCUT2D eigenvalue weighted by atomic mass is 9.90. The highest BCUT2D eigenvalue weighted by Crippen LogP contribution is 2.38. The number of nitrogens with one attached hydrogen (secondary N) is 1. The monoisotopic (exact) mass is 538 g/mol. The molecule has 0 saturated carbocycles. The molecular formula is C29H34N2O6S. The molecule has 1 saturated heterocycles. The number of carbonyl (C=O) groups is 2. The number of likely N-dealkylation sites (tertiary alicyclic amines) is 1. The number of benzene rings is 2. The number of H-pyrrole nitrogens is 1. The Balaban J connectivity index is 0.000000505. The van der Waals surface area contributed by atoms with Crippen molar-refractivity contribution in [1.29, 1.82) is 0 Å². The quantitative estimate of drug-likeness (QED) is 0.250. The maximum atomic E-state index is 10.7. The van der Waals surface area contributed by atoms with Gasteiger partial charge in [0.25, 0.3) is 0 Å². The van der Waals surface area contributed by atoms with E-state index in [9.17, 15) is 5.11 Å². The summed E-state index contributed by atoms with van der Waals surface area (Å²) >= 11 is 1.95. The second-order valence-corrected chi connectivity index (χ2v) is 11.1. The van der Waals surface area contributed by atoms with Crippen LogP contribution in [-0.2, 0) is 9.59 Å². The van der Waals surface area contributed by atoms with Gasteiger partial charge in [0.05, 0.1) is 0 Å². The molecule has 38 heavy (non-hydrogen) atoms. The fraction of sp³-hybridized carbons (Fsp3) is 0.379. The second-order valence-electron chi connectivity index (χ2n) is 10.0. The van der Waals surface area contributed by atoms with Crippen LogP contribution in [0.1, 0.15) is 41.8 Å². The summed E-state index contributed by atoms with van der Waals surface area (Å²) in [6.45, 7) is 8.48. The number of ether oxygens (including phenoxy) is 1. The molecule has 0 bridgehead atoms. The van der Waals surface area contributed by atoms with Crippen LogP contribution >= 0.6 is 11.3 Å². The zero-order valence-electron chi connectivity index (χ0n) is 21.8. The molecule has 202 valence electrons. The first-order valence-electron chi connectivity index (χ1n) is 12.7. The second kappa shape index (κ2) is 12.0. The number of carboxylic acid groups (broad SMARTS) is 2. The Morgan fingerprint density at radius 3 is 2.61 bits per heavy atom. The van der Waals surface area contributed by atoms with Gasteiger partial charge in [-0.1, -0.05) is 18.2 Å². The molecular weight excluding hydrogens is 504 g/mol. The first-order valence-corrected chi connectivity index (χ1v) is 13.5. The van der Waals surface area contributed by atoms with Crippen LogP contribution in [0.3, 0.4) is 0 Å². The molecule has 8 nitrogen and oxygen atoms in total. The molecule has 0 aliphatic carbocycles. The Hall–Kier alpha value is -3.40. The van der Waals surface area contributed by atoms with Crippen molar-refractivity contribution in [3.8, 4) is 5.75 Å². The van der Waals surface area contributed by atoms with Gasteiger partial charge in [-0.15, -0.1) is 11.3 Å². The van der Waals surface area contributed by atoms with Gasteiger partial charge >= 0.3 is 11.9 Å². The Kier molecular flexibility index (Phi) is 8.71. The lowest BCUT2D eigenvalue weighted by Gasteiger charge is -2.38. The summed E-state index contributed by atoms with van der Waals surface area (Å²) in [5.74, 6) is -2.20. The van der Waals surface area contributed by atoms with Gasteiger partial charge < -0.3 is 25.0 Å². The van der Waals surface area contributed by atoms with Crippen LogP contribution in [0.15, 0.2) is 48.5 Å². The molecule has 0 radical (unpaired) electrons. The van der Waals surface area contributed by atoms with Crippen LogP contribution in [0.5, 0.6) is 5.75 Å². The molecule has 0 amide bonds. The highest BCUT2D eigenvalue weighted by Gasteiger charge is 2.29. The summed E-state index contributed by atoms with van der Waals surface area (Å²) in [5.41, 5.74) is 3.51. The van der Waals surface area contributed by atoms with E-state index in [0.717, 1.165) is 41.7 Å². The molecule has 0 spiro atoms. The fourth-order valence-electron chi connectivity index (χ4n) is 5.01. The minimum absolute atomic E-state index is 0.311. The van der Waals surface area contributed by atoms with Gasteiger partial charge in [0.15, 0.2) is 0 Å². The molecule has 1 aliphatic rings. The van der Waals surface area contributed by atoms with Gasteiger partial charge in [0.2, 0.25) is 0 Å². The number of thiophene rings is 1. The third-order valence-electron chi connectivity index (χ3n) is 6.93. The average molecular weight is 539 g/mol. The number of aliphatic carboxylic acids is 2. The van der Waals surface area contributed by atoms with Gasteiger partial charge in [0, 0.05) is 38.8 Å². The average Bonchev–Trinajstić information content (AvgIpc) is 3.46. The molecule has 1 fully saturated rings. The maximum absolute atomic E-state index is 10.7. The minimum atomic E-state index is -1.82. The van der Waals surface area contributed by atoms with E-state index in [2.05, 4.69) is 60.1 Å². The van der Waals surface area contributed by atoms with Crippen molar-refractivity contribution < 1.29 is 29.6 Å². The third-order valence-corrected chi connectivity index (χ3v) is 8.19. The zero-order valence-corrected chi connectivity index (χ0v) is 22.6. The fourth-order valence-corrected chi connectivity index (χ4v) is 6.32. The minimum Gasteiger partial charge on any atom is -0.490 e. The highest BCUT2D eigenvalue weighted by molar-refractivity contribution is 7.19. The molecule has 3 heterocycles. The zero-order chi connectivity index (χ0) is 27.4. The summed E-state index contributed by atoms with van der Waals surface area (Å²) in [6.07, 6.45) is 1.78. The van der Waals surface area contributed by atoms with Crippen molar-refractivity contribution in [2.75, 3.05) is 19.7 Å². The van der Waals surface area contributed by atoms with E-state index >= 15 is 0 Å². The SMILES string of the molecule is Cc1ccc2cc([C@@H]3CCN(C[C@H](O)COc4cccc5[nH]c(C)cc45)[C@@H](C)C3)sc2c1.O=C(O)C(=O)O. The van der Waals surface area contributed by atoms with E-state index in [1.807, 2.05) is 30.4 Å². The number of piperidine rings is 1. The lowest BCUT2D eigenvalue weighted by molar-refractivity contribution is -0.159. The molecule has 0 unspecified atom stereocenters. The number of aryl methyl sites for hydroxylation is 2. The van der Waals surface area contributed by atoms with Gasteiger partial charge in [-0.05, 0) is 87.4 Å². The van der Waals surface area contributed by atoms with E-state index in [0.29, 0.717) is 25.1 Å². The van der Waals surface area contributed by atoms with Gasteiger partial charge in [-0.25, -0.2) is 9.59 Å². The number of rotatable bonds is 6. The van der Waals surface area contributed by atoms with Crippen LogP contribution in [0.4, 0.5) is 0 Å². The number of aliphatic hydroxyl groups excluding tert-OH is 1. The third kappa shape index (κ3) is 6.72. The van der Waals surface area contributed by atoms with Crippen LogP contribution in [0.25, 0.3) is 21.0 Å². The molecule has 4 N–H and O–H groups in total. The summed E-state index contributed by atoms with van der Waals surface area (Å²) in [4.78, 5) is 25.5. The smallest absolute Gasteiger partial charge is 0.414 e. The summed E-state index contributed by atoms with van der Waals surface area (Å²) in [5, 5.41) is 27.9. The summed E-state index contributed by atoms with van der Waals surface area (Å²) in [6, 6.07) is 17.7. The normalized spacial score (nSPS) is 18.6. The number of aromatic nitrogens is 1. The van der Waals surface area contributed by atoms with Gasteiger partial charge in [0.1, 0.15) is 18.5 Å². The first-order chi connectivity index (χ1) is 18.1. The molecule has 4 aromatic rings. The van der Waals surface area contributed by atoms with E-state index in [-0.39, 0.29) is 0 Å². The van der Waals surface area contributed by atoms with Crippen LogP contribution in [0.2, 0.25) is 0 Å². The maximum Gasteiger partial charge on any atom is 0.414 e. The lowest BCUT2D eigenvalue weighted by Crippen LogP contribution is -2.45. The number of hydrogen-bond acceptors (Lipinski definition) is 6. The Morgan fingerprint density at radius 2 is 1.89 bits per heavy atom. The van der Waals surface area contributed by atoms with E-state index in [4.69, 9.17) is 24.5 Å². The highest BCUT2D eigenvalue weighted by atomic mass is 32.1. The predicted octanol–water partition coefficient (Wildman–Crippen LogP) is 5.16. The Labute approximate surface area is 225 Å². The molecule has 3 atom stereocenters. The number of nitrogens with zero attached hydrogens (tertiary/aromatic N) is 1. The number of aromatic amines is 1. The number of carboxylic acids is 2. The molecule has 2 aromatic carbocycles. The number of fused-ring (bicyclic) bond motifs is 2. The van der Waals surface area contributed by atoms with E-state index < -0.39 is 18.0 Å². The van der Waals surface area contributed by atoms with Gasteiger partial charge in [-0.2, -0.15) is 0 Å². The van der Waals surface area contributed by atoms with Crippen molar-refractivity contribution in [3.05, 3.63) is 64.7 Å². The van der Waals surface area contributed by atoms with Crippen molar-refractivity contribution in [2.24, 2.45) is 0 Å². The van der Waals surface area contributed by atoms with Crippen molar-refractivity contribution in [2.45, 2.75) is 51.7 Å². The van der Waals surface area contributed by atoms with E-state index in [1.54, 1.807) is 0 Å². The van der Waals surface area contributed by atoms with Gasteiger partial charge in [-0.3, -0.25) is 4.90 Å². The number of β-amino-alcohol motifs (C(OH)–C–C–N with tert-alkyl or cyclic N) is 1. The summed E-state index contributed by atoms with van der Waals surface area (Å²) < 4.78 is 7.41. The van der Waals surface area contributed by atoms with Crippen LogP contribution in [-0.4, -0.2) is 69.0 Å². The summed E-state index contributed by atoms with van der Waals surface area (Å²) in [7, 11) is 0. The number of hydrogen-bond donors (Lipinski definition) is 4. The molecule has 9 heteroatoms. The Morgan fingerprint density at radius 1 is 1.13 bits per heavy atom. The van der Waals surface area contributed by atoms with Crippen molar-refractivity contribution >= 4 is 44.3 Å². The van der Waals surface area contributed by atoms with Crippen LogP contribution < -0.4 is 4.74 Å². The molecule has 1 aliphatic heterocycles. The molecule has 5 rings (SSSR count).